The number of anilines is 1. The Morgan fingerprint density at radius 3 is 2.45 bits per heavy atom. The van der Waals surface area contributed by atoms with Crippen LogP contribution in [0.2, 0.25) is 0 Å². The standard InChI is InChI=1S/C15H24N4O3/c1-15(2,3)19-12(8-9-16-19)18-14(22)17-11-6-4-10(5-7-11)13(20)21/h8-11H,4-7H2,1-3H3,(H,20,21)(H2,17,18,22). The van der Waals surface area contributed by atoms with Crippen LogP contribution < -0.4 is 10.6 Å². The van der Waals surface area contributed by atoms with Crippen molar-refractivity contribution in [2.75, 3.05) is 5.32 Å². The predicted octanol–water partition coefficient (Wildman–Crippen LogP) is 2.40. The van der Waals surface area contributed by atoms with Gasteiger partial charge in [-0.25, -0.2) is 9.48 Å². The maximum Gasteiger partial charge on any atom is 0.320 e. The van der Waals surface area contributed by atoms with Crippen LogP contribution >= 0.6 is 0 Å². The molecule has 0 radical (unpaired) electrons. The van der Waals surface area contributed by atoms with E-state index < -0.39 is 5.97 Å². The Morgan fingerprint density at radius 2 is 1.91 bits per heavy atom. The average molecular weight is 308 g/mol. The number of aromatic nitrogens is 2. The third-order valence-corrected chi connectivity index (χ3v) is 3.93. The third-order valence-electron chi connectivity index (χ3n) is 3.93. The smallest absolute Gasteiger partial charge is 0.320 e. The summed E-state index contributed by atoms with van der Waals surface area (Å²) in [5.74, 6) is -0.371. The number of amides is 2. The predicted molar refractivity (Wildman–Crippen MR) is 82.8 cm³/mol. The van der Waals surface area contributed by atoms with Crippen molar-refractivity contribution in [3.8, 4) is 0 Å². The molecular formula is C15H24N4O3. The highest BCUT2D eigenvalue weighted by Crippen LogP contribution is 2.24. The molecule has 2 rings (SSSR count). The van der Waals surface area contributed by atoms with Crippen molar-refractivity contribution in [2.45, 2.75) is 58.0 Å². The van der Waals surface area contributed by atoms with E-state index in [4.69, 9.17) is 5.11 Å². The van der Waals surface area contributed by atoms with Crippen molar-refractivity contribution < 1.29 is 14.7 Å². The summed E-state index contributed by atoms with van der Waals surface area (Å²) in [4.78, 5) is 23.0. The number of nitrogens with zero attached hydrogens (tertiary/aromatic N) is 2. The number of carbonyl (C=O) groups is 2. The highest BCUT2D eigenvalue weighted by atomic mass is 16.4. The van der Waals surface area contributed by atoms with Gasteiger partial charge in [0.1, 0.15) is 5.82 Å². The van der Waals surface area contributed by atoms with E-state index in [0.717, 1.165) is 0 Å². The summed E-state index contributed by atoms with van der Waals surface area (Å²) >= 11 is 0. The molecule has 0 aliphatic heterocycles. The zero-order valence-electron chi connectivity index (χ0n) is 13.3. The van der Waals surface area contributed by atoms with Crippen LogP contribution in [0.5, 0.6) is 0 Å². The molecule has 3 N–H and O–H groups in total. The Morgan fingerprint density at radius 1 is 1.27 bits per heavy atom. The Kier molecular flexibility index (Phi) is 4.73. The highest BCUT2D eigenvalue weighted by molar-refractivity contribution is 5.88. The number of aliphatic carboxylic acids is 1. The summed E-state index contributed by atoms with van der Waals surface area (Å²) in [6, 6.07) is 1.51. The summed E-state index contributed by atoms with van der Waals surface area (Å²) in [5, 5.41) is 18.9. The number of carbonyl (C=O) groups excluding carboxylic acids is 1. The van der Waals surface area contributed by atoms with Gasteiger partial charge in [-0.1, -0.05) is 0 Å². The Hall–Kier alpha value is -2.05. The molecule has 0 atom stereocenters. The molecule has 1 aromatic heterocycles. The van der Waals surface area contributed by atoms with Crippen LogP contribution in [0.4, 0.5) is 10.6 Å². The fraction of sp³-hybridized carbons (Fsp3) is 0.667. The van der Waals surface area contributed by atoms with Crippen molar-refractivity contribution in [3.63, 3.8) is 0 Å². The normalized spacial score (nSPS) is 22.1. The van der Waals surface area contributed by atoms with Crippen LogP contribution in [0.1, 0.15) is 46.5 Å². The summed E-state index contributed by atoms with van der Waals surface area (Å²) in [7, 11) is 0. The monoisotopic (exact) mass is 308 g/mol. The van der Waals surface area contributed by atoms with Gasteiger partial charge < -0.3 is 10.4 Å². The third kappa shape index (κ3) is 3.99. The van der Waals surface area contributed by atoms with Crippen LogP contribution in [0.25, 0.3) is 0 Å². The quantitative estimate of drug-likeness (QED) is 0.799. The highest BCUT2D eigenvalue weighted by Gasteiger charge is 2.27. The second-order valence-electron chi connectivity index (χ2n) is 6.78. The average Bonchev–Trinajstić information content (AvgIpc) is 2.87. The van der Waals surface area contributed by atoms with E-state index in [1.54, 1.807) is 16.9 Å². The summed E-state index contributed by atoms with van der Waals surface area (Å²) in [6.07, 6.45) is 4.27. The molecule has 7 nitrogen and oxygen atoms in total. The second-order valence-corrected chi connectivity index (χ2v) is 6.78. The summed E-state index contributed by atoms with van der Waals surface area (Å²) in [6.45, 7) is 6.03. The van der Waals surface area contributed by atoms with Gasteiger partial charge in [0.15, 0.2) is 0 Å². The SMILES string of the molecule is CC(C)(C)n1nccc1NC(=O)NC1CCC(C(=O)O)CC1. The van der Waals surface area contributed by atoms with Gasteiger partial charge in [-0.05, 0) is 46.5 Å². The Labute approximate surface area is 130 Å². The minimum Gasteiger partial charge on any atom is -0.481 e. The van der Waals surface area contributed by atoms with E-state index in [1.165, 1.54) is 0 Å². The molecule has 1 saturated carbocycles. The number of rotatable bonds is 3. The van der Waals surface area contributed by atoms with Gasteiger partial charge in [0.05, 0.1) is 17.7 Å². The Bertz CT molecular complexity index is 539. The first-order valence-corrected chi connectivity index (χ1v) is 7.62. The van der Waals surface area contributed by atoms with Crippen LogP contribution in [-0.2, 0) is 10.3 Å². The Balaban J connectivity index is 1.87. The van der Waals surface area contributed by atoms with Gasteiger partial charge in [0.25, 0.3) is 0 Å². The number of carboxylic acids is 1. The summed E-state index contributed by atoms with van der Waals surface area (Å²) in [5.41, 5.74) is -0.217. The minimum atomic E-state index is -0.739. The zero-order valence-corrected chi connectivity index (χ0v) is 13.3. The molecule has 1 aromatic rings. The first-order valence-electron chi connectivity index (χ1n) is 7.62. The van der Waals surface area contributed by atoms with E-state index in [9.17, 15) is 9.59 Å². The maximum atomic E-state index is 12.1. The van der Waals surface area contributed by atoms with Gasteiger partial charge in [-0.2, -0.15) is 5.10 Å². The topological polar surface area (TPSA) is 96.3 Å². The molecule has 1 heterocycles. The lowest BCUT2D eigenvalue weighted by Gasteiger charge is -2.27. The van der Waals surface area contributed by atoms with Crippen LogP contribution in [-0.4, -0.2) is 32.9 Å². The van der Waals surface area contributed by atoms with Gasteiger partial charge in [0, 0.05) is 12.1 Å². The summed E-state index contributed by atoms with van der Waals surface area (Å²) < 4.78 is 1.76. The molecular weight excluding hydrogens is 284 g/mol. The van der Waals surface area contributed by atoms with E-state index in [0.29, 0.717) is 31.5 Å². The molecule has 1 aliphatic carbocycles. The van der Waals surface area contributed by atoms with Gasteiger partial charge in [-0.15, -0.1) is 0 Å². The van der Waals surface area contributed by atoms with Crippen molar-refractivity contribution in [3.05, 3.63) is 12.3 Å². The van der Waals surface area contributed by atoms with E-state index in [2.05, 4.69) is 15.7 Å². The number of hydrogen-bond donors (Lipinski definition) is 3. The molecule has 1 aliphatic rings. The zero-order chi connectivity index (χ0) is 16.3. The lowest BCUT2D eigenvalue weighted by molar-refractivity contribution is -0.142. The van der Waals surface area contributed by atoms with Gasteiger partial charge in [0.2, 0.25) is 0 Å². The molecule has 0 bridgehead atoms. The molecule has 7 heteroatoms. The fourth-order valence-corrected chi connectivity index (χ4v) is 2.76. The minimum absolute atomic E-state index is 0.0293. The molecule has 0 spiro atoms. The van der Waals surface area contributed by atoms with Crippen molar-refractivity contribution in [2.24, 2.45) is 5.92 Å². The molecule has 1 fully saturated rings. The van der Waals surface area contributed by atoms with Gasteiger partial charge in [-0.3, -0.25) is 10.1 Å². The number of hydrogen-bond acceptors (Lipinski definition) is 3. The number of urea groups is 1. The largest absolute Gasteiger partial charge is 0.481 e. The van der Waals surface area contributed by atoms with Gasteiger partial charge >= 0.3 is 12.0 Å². The molecule has 22 heavy (non-hydrogen) atoms. The number of carboxylic acid groups (broad SMARTS) is 1. The second kappa shape index (κ2) is 6.37. The van der Waals surface area contributed by atoms with Crippen molar-refractivity contribution in [1.29, 1.82) is 0 Å². The molecule has 2 amide bonds. The van der Waals surface area contributed by atoms with E-state index in [1.807, 2.05) is 20.8 Å². The van der Waals surface area contributed by atoms with E-state index in [-0.39, 0.29) is 23.5 Å². The first kappa shape index (κ1) is 16.3. The number of nitrogens with one attached hydrogen (secondary N) is 2. The lowest BCUT2D eigenvalue weighted by Crippen LogP contribution is -2.41. The first-order chi connectivity index (χ1) is 10.3. The van der Waals surface area contributed by atoms with Crippen molar-refractivity contribution in [1.82, 2.24) is 15.1 Å². The van der Waals surface area contributed by atoms with E-state index >= 15 is 0 Å². The maximum absolute atomic E-state index is 12.1. The van der Waals surface area contributed by atoms with Crippen LogP contribution in [0.3, 0.4) is 0 Å². The molecule has 122 valence electrons. The van der Waals surface area contributed by atoms with Crippen LogP contribution in [0, 0.1) is 5.92 Å². The van der Waals surface area contributed by atoms with Crippen molar-refractivity contribution >= 4 is 17.8 Å². The molecule has 0 saturated heterocycles. The lowest BCUT2D eigenvalue weighted by atomic mass is 9.86. The molecule has 0 aromatic carbocycles. The fourth-order valence-electron chi connectivity index (χ4n) is 2.76. The van der Waals surface area contributed by atoms with Crippen LogP contribution in [0.15, 0.2) is 12.3 Å². The molecule has 0 unspecified atom stereocenters.